The Morgan fingerprint density at radius 1 is 1.50 bits per heavy atom. The Hall–Kier alpha value is -1.42. The molecule has 0 fully saturated rings. The van der Waals surface area contributed by atoms with Crippen molar-refractivity contribution in [2.75, 3.05) is 0 Å². The molecule has 0 amide bonds. The summed E-state index contributed by atoms with van der Waals surface area (Å²) in [6.45, 7) is 1.71. The highest BCUT2D eigenvalue weighted by atomic mass is 16.6. The molecule has 0 saturated heterocycles. The van der Waals surface area contributed by atoms with Crippen LogP contribution in [0.5, 0.6) is 0 Å². The van der Waals surface area contributed by atoms with E-state index in [1.807, 2.05) is 6.07 Å². The first-order chi connectivity index (χ1) is 6.49. The third kappa shape index (κ3) is 1.37. The second-order valence-corrected chi connectivity index (χ2v) is 4.02. The highest BCUT2D eigenvalue weighted by Gasteiger charge is 2.34. The number of nitro groups is 1. The first-order valence-electron chi connectivity index (χ1n) is 4.47. The topological polar surface area (TPSA) is 63.4 Å². The van der Waals surface area contributed by atoms with E-state index in [1.165, 1.54) is 6.07 Å². The Morgan fingerprint density at radius 2 is 2.21 bits per heavy atom. The summed E-state index contributed by atoms with van der Waals surface area (Å²) in [5.41, 5.74) is 0.876. The van der Waals surface area contributed by atoms with E-state index in [1.54, 1.807) is 13.0 Å². The van der Waals surface area contributed by atoms with Crippen molar-refractivity contribution < 1.29 is 10.0 Å². The number of hydrogen-bond acceptors (Lipinski definition) is 3. The third-order valence-electron chi connectivity index (χ3n) is 2.57. The van der Waals surface area contributed by atoms with Crippen LogP contribution in [-0.4, -0.2) is 15.6 Å². The Morgan fingerprint density at radius 3 is 2.86 bits per heavy atom. The maximum Gasteiger partial charge on any atom is 0.272 e. The molecule has 1 aliphatic carbocycles. The summed E-state index contributed by atoms with van der Waals surface area (Å²) in [6.07, 6.45) is 0.878. The monoisotopic (exact) mass is 193 g/mol. The van der Waals surface area contributed by atoms with Crippen LogP contribution in [0.2, 0.25) is 0 Å². The second-order valence-electron chi connectivity index (χ2n) is 4.02. The standard InChI is InChI=1S/C10H11NO3/c1-10(12)5-7-3-2-4-9(11(13)14)8(7)6-10/h2-4,12H,5-6H2,1H3. The van der Waals surface area contributed by atoms with Gasteiger partial charge in [-0.3, -0.25) is 10.1 Å². The fraction of sp³-hybridized carbons (Fsp3) is 0.400. The van der Waals surface area contributed by atoms with Gasteiger partial charge in [-0.15, -0.1) is 0 Å². The Labute approximate surface area is 81.3 Å². The minimum atomic E-state index is -0.825. The maximum absolute atomic E-state index is 10.7. The molecule has 0 spiro atoms. The van der Waals surface area contributed by atoms with Crippen molar-refractivity contribution in [2.45, 2.75) is 25.4 Å². The molecular weight excluding hydrogens is 182 g/mol. The van der Waals surface area contributed by atoms with Gasteiger partial charge in [-0.2, -0.15) is 0 Å². The number of nitrogens with zero attached hydrogens (tertiary/aromatic N) is 1. The van der Waals surface area contributed by atoms with Crippen LogP contribution in [0.15, 0.2) is 18.2 Å². The van der Waals surface area contributed by atoms with E-state index in [9.17, 15) is 15.2 Å². The molecule has 74 valence electrons. The van der Waals surface area contributed by atoms with Crippen LogP contribution >= 0.6 is 0 Å². The number of fused-ring (bicyclic) bond motifs is 1. The molecule has 1 unspecified atom stereocenters. The van der Waals surface area contributed by atoms with Crippen LogP contribution in [0.3, 0.4) is 0 Å². The van der Waals surface area contributed by atoms with Crippen LogP contribution in [0.25, 0.3) is 0 Å². The zero-order chi connectivity index (χ0) is 10.3. The van der Waals surface area contributed by atoms with E-state index >= 15 is 0 Å². The van der Waals surface area contributed by atoms with Gasteiger partial charge in [-0.1, -0.05) is 12.1 Å². The fourth-order valence-corrected chi connectivity index (χ4v) is 2.02. The predicted molar refractivity (Wildman–Crippen MR) is 51.1 cm³/mol. The summed E-state index contributed by atoms with van der Waals surface area (Å²) in [7, 11) is 0. The lowest BCUT2D eigenvalue weighted by Crippen LogP contribution is -2.23. The molecule has 0 saturated carbocycles. The van der Waals surface area contributed by atoms with Gasteiger partial charge in [0.1, 0.15) is 0 Å². The van der Waals surface area contributed by atoms with Crippen molar-refractivity contribution in [3.63, 3.8) is 0 Å². The summed E-state index contributed by atoms with van der Waals surface area (Å²) < 4.78 is 0. The van der Waals surface area contributed by atoms with Crippen molar-refractivity contribution in [1.82, 2.24) is 0 Å². The van der Waals surface area contributed by atoms with E-state index in [0.29, 0.717) is 18.4 Å². The van der Waals surface area contributed by atoms with Gasteiger partial charge in [-0.05, 0) is 12.5 Å². The Kier molecular flexibility index (Phi) is 1.82. The summed E-state index contributed by atoms with van der Waals surface area (Å²) in [5.74, 6) is 0. The van der Waals surface area contributed by atoms with Gasteiger partial charge in [0.15, 0.2) is 0 Å². The van der Waals surface area contributed by atoms with Crippen molar-refractivity contribution >= 4 is 5.69 Å². The van der Waals surface area contributed by atoms with Crippen LogP contribution in [0.1, 0.15) is 18.1 Å². The number of nitro benzene ring substituents is 1. The first kappa shape index (κ1) is 9.15. The summed E-state index contributed by atoms with van der Waals surface area (Å²) >= 11 is 0. The van der Waals surface area contributed by atoms with E-state index < -0.39 is 5.60 Å². The van der Waals surface area contributed by atoms with Gasteiger partial charge in [0, 0.05) is 24.5 Å². The van der Waals surface area contributed by atoms with Gasteiger partial charge in [0.05, 0.1) is 10.5 Å². The molecule has 14 heavy (non-hydrogen) atoms. The molecule has 1 aromatic rings. The third-order valence-corrected chi connectivity index (χ3v) is 2.57. The van der Waals surface area contributed by atoms with Gasteiger partial charge in [0.2, 0.25) is 0 Å². The molecule has 0 heterocycles. The minimum absolute atomic E-state index is 0.125. The first-order valence-corrected chi connectivity index (χ1v) is 4.47. The summed E-state index contributed by atoms with van der Waals surface area (Å²) in [4.78, 5) is 10.3. The smallest absolute Gasteiger partial charge is 0.272 e. The molecule has 1 N–H and O–H groups in total. The molecule has 0 aromatic heterocycles. The molecule has 0 radical (unpaired) electrons. The molecule has 1 aromatic carbocycles. The Balaban J connectivity index is 2.52. The van der Waals surface area contributed by atoms with Gasteiger partial charge >= 0.3 is 0 Å². The van der Waals surface area contributed by atoms with Crippen molar-refractivity contribution in [1.29, 1.82) is 0 Å². The van der Waals surface area contributed by atoms with E-state index in [-0.39, 0.29) is 10.6 Å². The molecule has 4 heteroatoms. The Bertz CT molecular complexity index is 398. The van der Waals surface area contributed by atoms with Crippen LogP contribution in [-0.2, 0) is 12.8 Å². The van der Waals surface area contributed by atoms with Crippen LogP contribution in [0.4, 0.5) is 5.69 Å². The van der Waals surface area contributed by atoms with E-state index in [0.717, 1.165) is 5.56 Å². The lowest BCUT2D eigenvalue weighted by Gasteiger charge is -2.13. The average molecular weight is 193 g/mol. The molecule has 0 bridgehead atoms. The zero-order valence-corrected chi connectivity index (χ0v) is 7.86. The normalized spacial score (nSPS) is 24.7. The van der Waals surface area contributed by atoms with Crippen molar-refractivity contribution in [3.8, 4) is 0 Å². The number of hydrogen-bond donors (Lipinski definition) is 1. The number of benzene rings is 1. The van der Waals surface area contributed by atoms with Gasteiger partial charge in [0.25, 0.3) is 5.69 Å². The minimum Gasteiger partial charge on any atom is -0.389 e. The fourth-order valence-electron chi connectivity index (χ4n) is 2.02. The molecule has 0 aliphatic heterocycles. The van der Waals surface area contributed by atoms with Gasteiger partial charge in [-0.25, -0.2) is 0 Å². The van der Waals surface area contributed by atoms with Crippen molar-refractivity contribution in [2.24, 2.45) is 0 Å². The molecule has 1 aliphatic rings. The lowest BCUT2D eigenvalue weighted by molar-refractivity contribution is -0.385. The molecular formula is C10H11NO3. The summed E-state index contributed by atoms with van der Waals surface area (Å²) in [5, 5.41) is 20.5. The largest absolute Gasteiger partial charge is 0.389 e. The second kappa shape index (κ2) is 2.78. The summed E-state index contributed by atoms with van der Waals surface area (Å²) in [6, 6.07) is 4.99. The molecule has 4 nitrogen and oxygen atoms in total. The molecule has 2 rings (SSSR count). The lowest BCUT2D eigenvalue weighted by atomic mass is 10.0. The van der Waals surface area contributed by atoms with Crippen LogP contribution < -0.4 is 0 Å². The number of aliphatic hydroxyl groups is 1. The molecule has 1 atom stereocenters. The average Bonchev–Trinajstić information content (AvgIpc) is 2.36. The maximum atomic E-state index is 10.7. The van der Waals surface area contributed by atoms with E-state index in [4.69, 9.17) is 0 Å². The van der Waals surface area contributed by atoms with Crippen LogP contribution in [0, 0.1) is 10.1 Å². The highest BCUT2D eigenvalue weighted by molar-refractivity contribution is 5.49. The quantitative estimate of drug-likeness (QED) is 0.542. The zero-order valence-electron chi connectivity index (χ0n) is 7.86. The van der Waals surface area contributed by atoms with Crippen molar-refractivity contribution in [3.05, 3.63) is 39.4 Å². The number of rotatable bonds is 1. The SMILES string of the molecule is CC1(O)Cc2cccc([N+](=O)[O-])c2C1. The predicted octanol–water partition coefficient (Wildman–Crippen LogP) is 1.44. The van der Waals surface area contributed by atoms with E-state index in [2.05, 4.69) is 0 Å². The highest BCUT2D eigenvalue weighted by Crippen LogP contribution is 2.35. The van der Waals surface area contributed by atoms with Gasteiger partial charge < -0.3 is 5.11 Å².